The lowest BCUT2D eigenvalue weighted by molar-refractivity contribution is -0.0725. The van der Waals surface area contributed by atoms with E-state index in [2.05, 4.69) is 36.5 Å². The molecule has 2 aliphatic carbocycles. The highest BCUT2D eigenvalue weighted by molar-refractivity contribution is 5.47. The Morgan fingerprint density at radius 1 is 1.00 bits per heavy atom. The largest absolute Gasteiger partial charge is 0.362 e. The van der Waals surface area contributed by atoms with Gasteiger partial charge in [-0.1, -0.05) is 43.2 Å². The fourth-order valence-corrected chi connectivity index (χ4v) is 5.16. The molecule has 3 aliphatic rings. The monoisotopic (exact) mass is 319 g/mol. The molecular formula is C22H25NO. The van der Waals surface area contributed by atoms with Gasteiger partial charge in [-0.05, 0) is 55.2 Å². The van der Waals surface area contributed by atoms with Crippen LogP contribution in [0.15, 0.2) is 36.5 Å². The average Bonchev–Trinajstić information content (AvgIpc) is 3.22. The van der Waals surface area contributed by atoms with Gasteiger partial charge in [0.25, 0.3) is 0 Å². The number of fused-ring (bicyclic) bond motifs is 4. The first-order valence-electron chi connectivity index (χ1n) is 9.59. The van der Waals surface area contributed by atoms with Gasteiger partial charge in [0, 0.05) is 23.9 Å². The van der Waals surface area contributed by atoms with Gasteiger partial charge in [0.2, 0.25) is 0 Å². The maximum atomic E-state index is 6.81. The standard InChI is InChI=1S/C22H25NO/c1-2-8-16(9-3-1)14-20-18-15-23-19-11-5-4-10-17(19)21(18)22(24-20)12-6-7-13-22/h1-3,8-9,15,20H,4-7,10-14H2. The summed E-state index contributed by atoms with van der Waals surface area (Å²) < 4.78 is 6.81. The summed E-state index contributed by atoms with van der Waals surface area (Å²) in [5.74, 6) is 0. The minimum absolute atomic E-state index is 0.000850. The molecule has 2 heteroatoms. The highest BCUT2D eigenvalue weighted by Gasteiger charge is 2.48. The van der Waals surface area contributed by atoms with E-state index in [0.29, 0.717) is 0 Å². The van der Waals surface area contributed by atoms with Crippen LogP contribution >= 0.6 is 0 Å². The van der Waals surface area contributed by atoms with E-state index in [1.807, 2.05) is 0 Å². The van der Waals surface area contributed by atoms with Crippen molar-refractivity contribution in [2.75, 3.05) is 0 Å². The number of pyridine rings is 1. The summed E-state index contributed by atoms with van der Waals surface area (Å²) >= 11 is 0. The first-order valence-corrected chi connectivity index (χ1v) is 9.59. The van der Waals surface area contributed by atoms with E-state index in [4.69, 9.17) is 9.72 Å². The molecule has 0 N–H and O–H groups in total. The number of benzene rings is 1. The van der Waals surface area contributed by atoms with E-state index >= 15 is 0 Å². The van der Waals surface area contributed by atoms with E-state index in [-0.39, 0.29) is 11.7 Å². The van der Waals surface area contributed by atoms with Gasteiger partial charge in [-0.15, -0.1) is 0 Å². The molecule has 1 aromatic carbocycles. The average molecular weight is 319 g/mol. The summed E-state index contributed by atoms with van der Waals surface area (Å²) in [6, 6.07) is 10.8. The molecule has 0 saturated heterocycles. The summed E-state index contributed by atoms with van der Waals surface area (Å²) in [5, 5.41) is 0. The fraction of sp³-hybridized carbons (Fsp3) is 0.500. The van der Waals surface area contributed by atoms with Gasteiger partial charge in [0.05, 0.1) is 11.7 Å². The molecule has 2 heterocycles. The Morgan fingerprint density at radius 2 is 1.79 bits per heavy atom. The van der Waals surface area contributed by atoms with Crippen molar-refractivity contribution < 1.29 is 4.74 Å². The molecular weight excluding hydrogens is 294 g/mol. The lowest BCUT2D eigenvalue weighted by Crippen LogP contribution is -2.24. The van der Waals surface area contributed by atoms with E-state index in [0.717, 1.165) is 12.8 Å². The van der Waals surface area contributed by atoms with Crippen LogP contribution in [0, 0.1) is 0 Å². The number of hydrogen-bond acceptors (Lipinski definition) is 2. The Bertz CT molecular complexity index is 746. The van der Waals surface area contributed by atoms with Crippen LogP contribution in [0.4, 0.5) is 0 Å². The second-order valence-corrected chi connectivity index (χ2v) is 7.72. The molecule has 5 rings (SSSR count). The molecule has 0 bridgehead atoms. The first kappa shape index (κ1) is 14.7. The van der Waals surface area contributed by atoms with Crippen molar-refractivity contribution in [1.82, 2.24) is 4.98 Å². The molecule has 1 aromatic heterocycles. The molecule has 24 heavy (non-hydrogen) atoms. The summed E-state index contributed by atoms with van der Waals surface area (Å²) in [5.41, 5.74) is 7.22. The SMILES string of the molecule is c1ccc(CC2OC3(CCCC3)c3c2cnc2c3CCCC2)cc1. The zero-order valence-corrected chi connectivity index (χ0v) is 14.3. The third kappa shape index (κ3) is 2.23. The summed E-state index contributed by atoms with van der Waals surface area (Å²) in [6.07, 6.45) is 13.3. The molecule has 124 valence electrons. The summed E-state index contributed by atoms with van der Waals surface area (Å²) in [4.78, 5) is 4.86. The number of rotatable bonds is 2. The van der Waals surface area contributed by atoms with Gasteiger partial charge in [-0.3, -0.25) is 4.98 Å². The predicted octanol–water partition coefficient (Wildman–Crippen LogP) is 5.04. The minimum Gasteiger partial charge on any atom is -0.362 e. The van der Waals surface area contributed by atoms with Crippen LogP contribution in [-0.2, 0) is 29.6 Å². The molecule has 1 unspecified atom stereocenters. The molecule has 1 atom stereocenters. The quantitative estimate of drug-likeness (QED) is 0.773. The summed E-state index contributed by atoms with van der Waals surface area (Å²) in [6.45, 7) is 0. The topological polar surface area (TPSA) is 22.1 Å². The van der Waals surface area contributed by atoms with E-state index in [1.165, 1.54) is 61.8 Å². The van der Waals surface area contributed by atoms with Crippen LogP contribution in [0.25, 0.3) is 0 Å². The number of aryl methyl sites for hydroxylation is 1. The van der Waals surface area contributed by atoms with E-state index in [1.54, 1.807) is 11.1 Å². The molecule has 1 spiro atoms. The Hall–Kier alpha value is -1.67. The first-order chi connectivity index (χ1) is 11.9. The lowest BCUT2D eigenvalue weighted by Gasteiger charge is -2.29. The maximum Gasteiger partial charge on any atom is 0.0947 e. The summed E-state index contributed by atoms with van der Waals surface area (Å²) in [7, 11) is 0. The van der Waals surface area contributed by atoms with Crippen LogP contribution in [0.3, 0.4) is 0 Å². The second-order valence-electron chi connectivity index (χ2n) is 7.72. The maximum absolute atomic E-state index is 6.81. The Morgan fingerprint density at radius 3 is 2.62 bits per heavy atom. The molecule has 0 amide bonds. The second kappa shape index (κ2) is 5.70. The van der Waals surface area contributed by atoms with E-state index in [9.17, 15) is 0 Å². The lowest BCUT2D eigenvalue weighted by atomic mass is 9.81. The minimum atomic E-state index is -0.000850. The molecule has 0 radical (unpaired) electrons. The van der Waals surface area contributed by atoms with Gasteiger partial charge in [0.1, 0.15) is 0 Å². The molecule has 2 aromatic rings. The van der Waals surface area contributed by atoms with Crippen LogP contribution < -0.4 is 0 Å². The van der Waals surface area contributed by atoms with Crippen LogP contribution in [0.5, 0.6) is 0 Å². The van der Waals surface area contributed by atoms with Crippen molar-refractivity contribution in [3.63, 3.8) is 0 Å². The van der Waals surface area contributed by atoms with Gasteiger partial charge < -0.3 is 4.74 Å². The molecule has 1 saturated carbocycles. The van der Waals surface area contributed by atoms with E-state index < -0.39 is 0 Å². The number of hydrogen-bond donors (Lipinski definition) is 0. The van der Waals surface area contributed by atoms with Crippen molar-refractivity contribution in [1.29, 1.82) is 0 Å². The van der Waals surface area contributed by atoms with Crippen molar-refractivity contribution in [3.8, 4) is 0 Å². The van der Waals surface area contributed by atoms with Crippen LogP contribution in [0.2, 0.25) is 0 Å². The Kier molecular flexibility index (Phi) is 3.48. The predicted molar refractivity (Wildman–Crippen MR) is 95.0 cm³/mol. The highest BCUT2D eigenvalue weighted by Crippen LogP contribution is 2.55. The third-order valence-electron chi connectivity index (χ3n) is 6.23. The highest BCUT2D eigenvalue weighted by atomic mass is 16.5. The van der Waals surface area contributed by atoms with Gasteiger partial charge in [0.15, 0.2) is 0 Å². The number of ether oxygens (including phenoxy) is 1. The van der Waals surface area contributed by atoms with Crippen molar-refractivity contribution in [2.45, 2.75) is 69.5 Å². The molecule has 1 aliphatic heterocycles. The Labute approximate surface area is 144 Å². The smallest absolute Gasteiger partial charge is 0.0947 e. The normalized spacial score (nSPS) is 24.1. The van der Waals surface area contributed by atoms with Crippen molar-refractivity contribution in [2.24, 2.45) is 0 Å². The third-order valence-corrected chi connectivity index (χ3v) is 6.23. The van der Waals surface area contributed by atoms with Crippen LogP contribution in [-0.4, -0.2) is 4.98 Å². The van der Waals surface area contributed by atoms with Gasteiger partial charge >= 0.3 is 0 Å². The number of aromatic nitrogens is 1. The fourth-order valence-electron chi connectivity index (χ4n) is 5.16. The van der Waals surface area contributed by atoms with Crippen molar-refractivity contribution >= 4 is 0 Å². The zero-order chi connectivity index (χ0) is 16.0. The number of nitrogens with zero attached hydrogens (tertiary/aromatic N) is 1. The molecule has 2 nitrogen and oxygen atoms in total. The van der Waals surface area contributed by atoms with Gasteiger partial charge in [-0.2, -0.15) is 0 Å². The zero-order valence-electron chi connectivity index (χ0n) is 14.3. The van der Waals surface area contributed by atoms with Gasteiger partial charge in [-0.25, -0.2) is 0 Å². The van der Waals surface area contributed by atoms with Crippen LogP contribution in [0.1, 0.15) is 72.6 Å². The van der Waals surface area contributed by atoms with Crippen molar-refractivity contribution in [3.05, 3.63) is 64.5 Å². The molecule has 1 fully saturated rings. The Balaban J connectivity index is 1.60.